The number of hydrogen-bond acceptors (Lipinski definition) is 4. The molecule has 0 amide bonds. The minimum Gasteiger partial charge on any atom is -0.466 e. The predicted octanol–water partition coefficient (Wildman–Crippen LogP) is 1.73. The Morgan fingerprint density at radius 1 is 1.32 bits per heavy atom. The first-order chi connectivity index (χ1) is 9.10. The molecule has 0 bridgehead atoms. The van der Waals surface area contributed by atoms with Gasteiger partial charge in [0.15, 0.2) is 5.78 Å². The number of carbonyl (C=O) groups is 2. The van der Waals surface area contributed by atoms with Gasteiger partial charge < -0.3 is 9.84 Å². The highest BCUT2D eigenvalue weighted by Gasteiger charge is 2.46. The van der Waals surface area contributed by atoms with Crippen molar-refractivity contribution in [3.8, 4) is 0 Å². The fourth-order valence-corrected chi connectivity index (χ4v) is 2.32. The molecule has 4 heteroatoms. The maximum Gasteiger partial charge on any atom is 0.347 e. The number of allylic oxidation sites excluding steroid dienone is 1. The Morgan fingerprint density at radius 3 is 2.58 bits per heavy atom. The number of methoxy groups -OCH3 is 1. The molecule has 1 N–H and O–H groups in total. The van der Waals surface area contributed by atoms with Crippen LogP contribution in [-0.2, 0) is 19.9 Å². The topological polar surface area (TPSA) is 63.6 Å². The highest BCUT2D eigenvalue weighted by Crippen LogP contribution is 2.34. The van der Waals surface area contributed by atoms with Crippen LogP contribution in [0.2, 0.25) is 0 Å². The van der Waals surface area contributed by atoms with Crippen LogP contribution in [0.1, 0.15) is 24.8 Å². The first-order valence-corrected chi connectivity index (χ1v) is 6.21. The van der Waals surface area contributed by atoms with Gasteiger partial charge in [-0.2, -0.15) is 0 Å². The van der Waals surface area contributed by atoms with Gasteiger partial charge in [0.1, 0.15) is 0 Å². The number of ether oxygens (including phenoxy) is 1. The van der Waals surface area contributed by atoms with Crippen LogP contribution in [0, 0.1) is 0 Å². The summed E-state index contributed by atoms with van der Waals surface area (Å²) in [5.74, 6) is -1.04. The number of rotatable bonds is 3. The summed E-state index contributed by atoms with van der Waals surface area (Å²) in [7, 11) is 1.20. The van der Waals surface area contributed by atoms with E-state index in [-0.39, 0.29) is 11.4 Å². The summed E-state index contributed by atoms with van der Waals surface area (Å²) in [6, 6.07) is 8.41. The van der Waals surface area contributed by atoms with Crippen LogP contribution in [0.5, 0.6) is 0 Å². The van der Waals surface area contributed by atoms with E-state index in [1.807, 2.05) is 0 Å². The Morgan fingerprint density at radius 2 is 2.00 bits per heavy atom. The summed E-state index contributed by atoms with van der Waals surface area (Å²) in [5.41, 5.74) is -1.53. The monoisotopic (exact) mass is 260 g/mol. The molecule has 0 heterocycles. The van der Waals surface area contributed by atoms with E-state index in [2.05, 4.69) is 4.74 Å². The maximum absolute atomic E-state index is 12.0. The van der Waals surface area contributed by atoms with Crippen molar-refractivity contribution in [1.82, 2.24) is 0 Å². The van der Waals surface area contributed by atoms with Crippen molar-refractivity contribution < 1.29 is 19.4 Å². The van der Waals surface area contributed by atoms with Gasteiger partial charge in [-0.1, -0.05) is 36.4 Å². The maximum atomic E-state index is 12.0. The molecule has 0 saturated heterocycles. The molecule has 1 aromatic rings. The number of ketones is 1. The van der Waals surface area contributed by atoms with Crippen molar-refractivity contribution in [3.05, 3.63) is 47.5 Å². The van der Waals surface area contributed by atoms with Crippen molar-refractivity contribution in [1.29, 1.82) is 0 Å². The number of carbonyl (C=O) groups excluding carboxylic acids is 2. The highest BCUT2D eigenvalue weighted by molar-refractivity contribution is 6.05. The fraction of sp³-hybridized carbons (Fsp3) is 0.333. The molecule has 1 aromatic carbocycles. The summed E-state index contributed by atoms with van der Waals surface area (Å²) < 4.78 is 4.69. The third-order valence-corrected chi connectivity index (χ3v) is 3.32. The van der Waals surface area contributed by atoms with Gasteiger partial charge in [-0.25, -0.2) is 4.79 Å². The molecule has 0 spiro atoms. The molecule has 1 aliphatic carbocycles. The number of esters is 1. The Hall–Kier alpha value is -1.94. The second-order valence-corrected chi connectivity index (χ2v) is 4.50. The van der Waals surface area contributed by atoms with Crippen LogP contribution in [0.4, 0.5) is 0 Å². The number of hydrogen-bond donors (Lipinski definition) is 1. The predicted molar refractivity (Wildman–Crippen MR) is 69.3 cm³/mol. The number of Topliss-reactive ketones (excluding diaryl/α,β-unsaturated/α-hetero) is 1. The molecule has 0 aliphatic heterocycles. The number of aliphatic hydroxyl groups is 1. The zero-order valence-electron chi connectivity index (χ0n) is 10.8. The minimum atomic E-state index is -2.01. The second kappa shape index (κ2) is 5.36. The summed E-state index contributed by atoms with van der Waals surface area (Å²) in [5, 5.41) is 10.8. The first kappa shape index (κ1) is 13.5. The lowest BCUT2D eigenvalue weighted by atomic mass is 9.80. The Kier molecular flexibility index (Phi) is 3.81. The lowest BCUT2D eigenvalue weighted by Crippen LogP contribution is -2.42. The van der Waals surface area contributed by atoms with Gasteiger partial charge in [0, 0.05) is 12.0 Å². The molecule has 100 valence electrons. The van der Waals surface area contributed by atoms with E-state index < -0.39 is 11.6 Å². The Bertz CT molecular complexity index is 518. The van der Waals surface area contributed by atoms with Crippen LogP contribution in [0.25, 0.3) is 0 Å². The van der Waals surface area contributed by atoms with E-state index in [1.54, 1.807) is 36.4 Å². The van der Waals surface area contributed by atoms with E-state index in [1.165, 1.54) is 7.11 Å². The van der Waals surface area contributed by atoms with Crippen molar-refractivity contribution in [3.63, 3.8) is 0 Å². The SMILES string of the molecule is COC(=O)C(O)(C1=CCCCC1=O)c1ccccc1. The summed E-state index contributed by atoms with van der Waals surface area (Å²) in [4.78, 5) is 24.0. The Balaban J connectivity index is 2.56. The molecule has 4 nitrogen and oxygen atoms in total. The summed E-state index contributed by atoms with van der Waals surface area (Å²) >= 11 is 0. The van der Waals surface area contributed by atoms with E-state index in [0.29, 0.717) is 18.4 Å². The fourth-order valence-electron chi connectivity index (χ4n) is 2.32. The summed E-state index contributed by atoms with van der Waals surface area (Å²) in [6.45, 7) is 0. The smallest absolute Gasteiger partial charge is 0.347 e. The van der Waals surface area contributed by atoms with Crippen molar-refractivity contribution >= 4 is 11.8 Å². The Labute approximate surface area is 111 Å². The van der Waals surface area contributed by atoms with Crippen molar-refractivity contribution in [2.45, 2.75) is 24.9 Å². The average Bonchev–Trinajstić information content (AvgIpc) is 2.47. The van der Waals surface area contributed by atoms with Gasteiger partial charge in [0.25, 0.3) is 0 Å². The molecule has 0 saturated carbocycles. The molecule has 1 atom stereocenters. The normalized spacial score (nSPS) is 18.4. The van der Waals surface area contributed by atoms with Crippen LogP contribution >= 0.6 is 0 Å². The molecule has 1 unspecified atom stereocenters. The molecule has 0 aromatic heterocycles. The highest BCUT2D eigenvalue weighted by atomic mass is 16.5. The third kappa shape index (κ3) is 2.31. The standard InChI is InChI=1S/C15H16O4/c1-19-14(17)15(18,11-7-3-2-4-8-11)12-9-5-6-10-13(12)16/h2-4,7-9,18H,5-6,10H2,1H3. The van der Waals surface area contributed by atoms with Crippen LogP contribution in [-0.4, -0.2) is 24.0 Å². The minimum absolute atomic E-state index is 0.122. The average molecular weight is 260 g/mol. The molecule has 0 fully saturated rings. The second-order valence-electron chi connectivity index (χ2n) is 4.50. The lowest BCUT2D eigenvalue weighted by molar-refractivity contribution is -0.160. The molecule has 19 heavy (non-hydrogen) atoms. The van der Waals surface area contributed by atoms with Crippen molar-refractivity contribution in [2.75, 3.05) is 7.11 Å². The molecule has 1 aliphatic rings. The van der Waals surface area contributed by atoms with Crippen LogP contribution in [0.15, 0.2) is 42.0 Å². The van der Waals surface area contributed by atoms with Gasteiger partial charge in [-0.3, -0.25) is 4.79 Å². The molecule has 0 radical (unpaired) electrons. The van der Waals surface area contributed by atoms with Gasteiger partial charge >= 0.3 is 5.97 Å². The number of benzene rings is 1. The summed E-state index contributed by atoms with van der Waals surface area (Å²) in [6.07, 6.45) is 3.40. The van der Waals surface area contributed by atoms with E-state index in [9.17, 15) is 14.7 Å². The molecular weight excluding hydrogens is 244 g/mol. The zero-order valence-corrected chi connectivity index (χ0v) is 10.8. The van der Waals surface area contributed by atoms with Crippen LogP contribution < -0.4 is 0 Å². The van der Waals surface area contributed by atoms with Gasteiger partial charge in [-0.05, 0) is 18.4 Å². The van der Waals surface area contributed by atoms with E-state index in [4.69, 9.17) is 0 Å². The third-order valence-electron chi connectivity index (χ3n) is 3.32. The molecule has 2 rings (SSSR count). The molecular formula is C15H16O4. The van der Waals surface area contributed by atoms with Crippen LogP contribution in [0.3, 0.4) is 0 Å². The van der Waals surface area contributed by atoms with Gasteiger partial charge in [0.05, 0.1) is 7.11 Å². The van der Waals surface area contributed by atoms with Crippen molar-refractivity contribution in [2.24, 2.45) is 0 Å². The van der Waals surface area contributed by atoms with E-state index >= 15 is 0 Å². The van der Waals surface area contributed by atoms with Gasteiger partial charge in [-0.15, -0.1) is 0 Å². The lowest BCUT2D eigenvalue weighted by Gasteiger charge is -2.29. The zero-order chi connectivity index (χ0) is 13.9. The quantitative estimate of drug-likeness (QED) is 0.841. The first-order valence-electron chi connectivity index (χ1n) is 6.21. The van der Waals surface area contributed by atoms with E-state index in [0.717, 1.165) is 6.42 Å². The van der Waals surface area contributed by atoms with Gasteiger partial charge in [0.2, 0.25) is 5.60 Å². The largest absolute Gasteiger partial charge is 0.466 e.